The number of likely N-dealkylation sites (N-methyl/N-ethyl adjacent to an activating group) is 1. The van der Waals surface area contributed by atoms with E-state index in [-0.39, 0.29) is 0 Å². The highest BCUT2D eigenvalue weighted by Crippen LogP contribution is 2.55. The molecule has 25 heavy (non-hydrogen) atoms. The normalized spacial score (nSPS) is 32.9. The predicted molar refractivity (Wildman–Crippen MR) is 101 cm³/mol. The molecule has 2 aromatic carbocycles. The van der Waals surface area contributed by atoms with E-state index in [4.69, 9.17) is 0 Å². The van der Waals surface area contributed by atoms with Crippen molar-refractivity contribution in [3.05, 3.63) is 48.0 Å². The number of carbonyl (C=O) groups is 1. The highest BCUT2D eigenvalue weighted by Gasteiger charge is 2.50. The summed E-state index contributed by atoms with van der Waals surface area (Å²) in [6.07, 6.45) is 7.45. The number of nitrogens with zero attached hydrogens (tertiary/aromatic N) is 1. The van der Waals surface area contributed by atoms with Crippen LogP contribution in [0.1, 0.15) is 37.7 Å². The minimum Gasteiger partial charge on any atom is -0.342 e. The Kier molecular flexibility index (Phi) is 3.62. The van der Waals surface area contributed by atoms with E-state index < -0.39 is 0 Å². The van der Waals surface area contributed by atoms with E-state index in [9.17, 15) is 4.79 Å². The van der Waals surface area contributed by atoms with Gasteiger partial charge in [0.2, 0.25) is 5.91 Å². The molecule has 4 bridgehead atoms. The lowest BCUT2D eigenvalue weighted by molar-refractivity contribution is -0.140. The molecule has 4 saturated carbocycles. The van der Waals surface area contributed by atoms with Crippen LogP contribution in [0, 0.1) is 23.7 Å². The summed E-state index contributed by atoms with van der Waals surface area (Å²) in [5, 5.41) is 2.45. The molecule has 0 aliphatic heterocycles. The van der Waals surface area contributed by atoms with Crippen LogP contribution in [0.4, 0.5) is 0 Å². The minimum atomic E-state index is 0.300. The Labute approximate surface area is 150 Å². The van der Waals surface area contributed by atoms with Crippen LogP contribution in [-0.2, 0) is 11.2 Å². The average molecular weight is 333 g/mol. The van der Waals surface area contributed by atoms with E-state index in [1.165, 1.54) is 48.4 Å². The van der Waals surface area contributed by atoms with E-state index in [1.54, 1.807) is 0 Å². The molecule has 0 saturated heterocycles. The Bertz CT molecular complexity index is 777. The van der Waals surface area contributed by atoms with Crippen molar-refractivity contribution in [1.82, 2.24) is 4.90 Å². The van der Waals surface area contributed by atoms with E-state index >= 15 is 0 Å². The smallest absolute Gasteiger partial charge is 0.227 e. The first-order chi connectivity index (χ1) is 12.2. The van der Waals surface area contributed by atoms with Gasteiger partial charge in [-0.1, -0.05) is 42.5 Å². The van der Waals surface area contributed by atoms with Crippen molar-refractivity contribution in [2.75, 3.05) is 7.05 Å². The molecule has 0 radical (unpaired) electrons. The summed E-state index contributed by atoms with van der Waals surface area (Å²) in [4.78, 5) is 15.2. The van der Waals surface area contributed by atoms with Gasteiger partial charge in [0.05, 0.1) is 6.42 Å². The van der Waals surface area contributed by atoms with Crippen molar-refractivity contribution in [3.63, 3.8) is 0 Å². The molecule has 4 aliphatic carbocycles. The molecule has 0 atom stereocenters. The third kappa shape index (κ3) is 2.58. The zero-order valence-corrected chi connectivity index (χ0v) is 15.0. The summed E-state index contributed by atoms with van der Waals surface area (Å²) in [6.45, 7) is 0. The largest absolute Gasteiger partial charge is 0.342 e. The van der Waals surface area contributed by atoms with Gasteiger partial charge in [0.25, 0.3) is 0 Å². The summed E-state index contributed by atoms with van der Waals surface area (Å²) < 4.78 is 0. The monoisotopic (exact) mass is 333 g/mol. The SMILES string of the molecule is CN(C(=O)Cc1cccc2ccccc12)C1C2CC3CC(C2)CC1C3. The summed E-state index contributed by atoms with van der Waals surface area (Å²) in [5.74, 6) is 3.74. The van der Waals surface area contributed by atoms with Gasteiger partial charge < -0.3 is 4.90 Å². The number of carbonyl (C=O) groups excluding carboxylic acids is 1. The van der Waals surface area contributed by atoms with Crippen LogP contribution in [0.2, 0.25) is 0 Å². The zero-order valence-electron chi connectivity index (χ0n) is 15.0. The maximum absolute atomic E-state index is 13.1. The van der Waals surface area contributed by atoms with Gasteiger partial charge in [-0.25, -0.2) is 0 Å². The van der Waals surface area contributed by atoms with E-state index in [0.717, 1.165) is 23.7 Å². The first-order valence-corrected chi connectivity index (χ1v) is 9.91. The van der Waals surface area contributed by atoms with Gasteiger partial charge in [0.15, 0.2) is 0 Å². The van der Waals surface area contributed by atoms with Gasteiger partial charge in [-0.05, 0) is 72.1 Å². The average Bonchev–Trinajstić information content (AvgIpc) is 2.61. The molecule has 2 heteroatoms. The van der Waals surface area contributed by atoms with Gasteiger partial charge in [-0.3, -0.25) is 4.79 Å². The van der Waals surface area contributed by atoms with Crippen molar-refractivity contribution in [3.8, 4) is 0 Å². The molecule has 4 fully saturated rings. The molecule has 0 aromatic heterocycles. The molecular weight excluding hydrogens is 306 g/mol. The second-order valence-electron chi connectivity index (χ2n) is 8.74. The Hall–Kier alpha value is -1.83. The first-order valence-electron chi connectivity index (χ1n) is 9.91. The minimum absolute atomic E-state index is 0.300. The van der Waals surface area contributed by atoms with Crippen molar-refractivity contribution in [2.45, 2.75) is 44.6 Å². The number of rotatable bonds is 3. The Morgan fingerprint density at radius 3 is 2.28 bits per heavy atom. The van der Waals surface area contributed by atoms with Crippen molar-refractivity contribution in [1.29, 1.82) is 0 Å². The second-order valence-corrected chi connectivity index (χ2v) is 8.74. The highest BCUT2D eigenvalue weighted by atomic mass is 16.2. The maximum atomic E-state index is 13.1. The van der Waals surface area contributed by atoms with E-state index in [0.29, 0.717) is 18.4 Å². The van der Waals surface area contributed by atoms with Crippen LogP contribution in [0.15, 0.2) is 42.5 Å². The Morgan fingerprint density at radius 1 is 0.920 bits per heavy atom. The lowest BCUT2D eigenvalue weighted by Crippen LogP contribution is -2.56. The lowest BCUT2D eigenvalue weighted by Gasteiger charge is -2.56. The van der Waals surface area contributed by atoms with Crippen LogP contribution in [0.25, 0.3) is 10.8 Å². The molecule has 4 aliphatic rings. The number of benzene rings is 2. The van der Waals surface area contributed by atoms with Crippen molar-refractivity contribution in [2.24, 2.45) is 23.7 Å². The number of fused-ring (bicyclic) bond motifs is 1. The summed E-state index contributed by atoms with van der Waals surface area (Å²) >= 11 is 0. The molecule has 0 heterocycles. The zero-order chi connectivity index (χ0) is 17.0. The van der Waals surface area contributed by atoms with Gasteiger partial charge in [-0.15, -0.1) is 0 Å². The Morgan fingerprint density at radius 2 is 1.56 bits per heavy atom. The van der Waals surface area contributed by atoms with Crippen LogP contribution >= 0.6 is 0 Å². The molecule has 0 N–H and O–H groups in total. The molecule has 130 valence electrons. The van der Waals surface area contributed by atoms with E-state index in [1.807, 2.05) is 0 Å². The second kappa shape index (κ2) is 5.86. The van der Waals surface area contributed by atoms with Crippen LogP contribution < -0.4 is 0 Å². The molecule has 2 aromatic rings. The fourth-order valence-electron chi connectivity index (χ4n) is 6.43. The molecule has 1 amide bonds. The van der Waals surface area contributed by atoms with Crippen LogP contribution in [0.3, 0.4) is 0 Å². The van der Waals surface area contributed by atoms with Gasteiger partial charge in [0.1, 0.15) is 0 Å². The lowest BCUT2D eigenvalue weighted by atomic mass is 9.54. The highest BCUT2D eigenvalue weighted by molar-refractivity contribution is 5.90. The number of amides is 1. The first kappa shape index (κ1) is 15.4. The number of hydrogen-bond acceptors (Lipinski definition) is 1. The predicted octanol–water partition coefficient (Wildman–Crippen LogP) is 4.67. The quantitative estimate of drug-likeness (QED) is 0.799. The molecule has 2 nitrogen and oxygen atoms in total. The molecule has 0 unspecified atom stereocenters. The van der Waals surface area contributed by atoms with Gasteiger partial charge >= 0.3 is 0 Å². The standard InChI is InChI=1S/C23H27NO/c1-24(23-19-10-15-9-16(12-19)13-20(23)11-15)22(25)14-18-7-4-6-17-5-2-3-8-21(17)18/h2-8,15-16,19-20,23H,9-14H2,1H3. The number of hydrogen-bond donors (Lipinski definition) is 0. The van der Waals surface area contributed by atoms with Crippen molar-refractivity contribution < 1.29 is 4.79 Å². The molecule has 6 rings (SSSR count). The third-order valence-electron chi connectivity index (χ3n) is 7.24. The fraction of sp³-hybridized carbons (Fsp3) is 0.522. The van der Waals surface area contributed by atoms with E-state index in [2.05, 4.69) is 54.4 Å². The van der Waals surface area contributed by atoms with Crippen LogP contribution in [0.5, 0.6) is 0 Å². The topological polar surface area (TPSA) is 20.3 Å². The maximum Gasteiger partial charge on any atom is 0.227 e. The Balaban J connectivity index is 1.37. The van der Waals surface area contributed by atoms with Gasteiger partial charge in [0, 0.05) is 13.1 Å². The fourth-order valence-corrected chi connectivity index (χ4v) is 6.43. The van der Waals surface area contributed by atoms with Gasteiger partial charge in [-0.2, -0.15) is 0 Å². The summed E-state index contributed by atoms with van der Waals surface area (Å²) in [5.41, 5.74) is 1.17. The van der Waals surface area contributed by atoms with Crippen LogP contribution in [-0.4, -0.2) is 23.9 Å². The van der Waals surface area contributed by atoms with Crippen molar-refractivity contribution >= 4 is 16.7 Å². The molecular formula is C23H27NO. The third-order valence-corrected chi connectivity index (χ3v) is 7.24. The summed E-state index contributed by atoms with van der Waals surface area (Å²) in [6, 6.07) is 15.2. The summed E-state index contributed by atoms with van der Waals surface area (Å²) in [7, 11) is 2.07. The molecule has 0 spiro atoms.